The minimum atomic E-state index is -0.0384. The van der Waals surface area contributed by atoms with Gasteiger partial charge in [-0.3, -0.25) is 4.79 Å². The molecule has 0 aliphatic carbocycles. The number of anilines is 1. The summed E-state index contributed by atoms with van der Waals surface area (Å²) in [7, 11) is 0. The number of nitrogens with zero attached hydrogens (tertiary/aromatic N) is 3. The first-order valence-corrected chi connectivity index (χ1v) is 12.4. The number of hydrogen-bond acceptors (Lipinski definition) is 6. The standard InChI is InChI=1S/C25H24Cl2N4O2S/c26-20-9-8-19(22(27)16-20)10-12-28-24(32)11-13-31(17-21-7-4-14-33-21)25-29-23(30-34-25)15-18-5-2-1-3-6-18/h1-9,14,16H,10-13,15,17H2,(H,28,32). The van der Waals surface area contributed by atoms with E-state index in [0.29, 0.717) is 48.9 Å². The lowest BCUT2D eigenvalue weighted by molar-refractivity contribution is -0.120. The molecule has 0 aliphatic rings. The summed E-state index contributed by atoms with van der Waals surface area (Å²) in [6.45, 7) is 1.51. The van der Waals surface area contributed by atoms with Crippen LogP contribution in [0.3, 0.4) is 0 Å². The molecule has 176 valence electrons. The van der Waals surface area contributed by atoms with Crippen LogP contribution >= 0.6 is 34.7 Å². The fraction of sp³-hybridized carbons (Fsp3) is 0.240. The molecule has 0 radical (unpaired) electrons. The van der Waals surface area contributed by atoms with Gasteiger partial charge in [0.15, 0.2) is 0 Å². The zero-order chi connectivity index (χ0) is 23.8. The first-order chi connectivity index (χ1) is 16.6. The maximum Gasteiger partial charge on any atom is 0.221 e. The van der Waals surface area contributed by atoms with Crippen LogP contribution in [0.5, 0.6) is 0 Å². The normalized spacial score (nSPS) is 10.9. The van der Waals surface area contributed by atoms with Gasteiger partial charge in [0.2, 0.25) is 11.0 Å². The Morgan fingerprint density at radius 2 is 1.94 bits per heavy atom. The molecule has 4 rings (SSSR count). The predicted octanol–water partition coefficient (Wildman–Crippen LogP) is 5.78. The Morgan fingerprint density at radius 3 is 2.71 bits per heavy atom. The molecule has 4 aromatic rings. The third-order valence-electron chi connectivity index (χ3n) is 5.20. The second kappa shape index (κ2) is 12.0. The highest BCUT2D eigenvalue weighted by Gasteiger charge is 2.16. The van der Waals surface area contributed by atoms with Crippen LogP contribution < -0.4 is 10.2 Å². The summed E-state index contributed by atoms with van der Waals surface area (Å²) in [5.74, 6) is 1.53. The predicted molar refractivity (Wildman–Crippen MR) is 137 cm³/mol. The molecule has 6 nitrogen and oxygen atoms in total. The topological polar surface area (TPSA) is 71.3 Å². The molecule has 9 heteroatoms. The average Bonchev–Trinajstić information content (AvgIpc) is 3.51. The van der Waals surface area contributed by atoms with E-state index in [1.54, 1.807) is 18.4 Å². The zero-order valence-electron chi connectivity index (χ0n) is 18.4. The molecule has 0 spiro atoms. The van der Waals surface area contributed by atoms with Crippen LogP contribution in [0, 0.1) is 0 Å². The molecule has 0 aliphatic heterocycles. The van der Waals surface area contributed by atoms with E-state index in [9.17, 15) is 4.79 Å². The van der Waals surface area contributed by atoms with Gasteiger partial charge in [0.1, 0.15) is 11.6 Å². The fourth-order valence-corrected chi connectivity index (χ4v) is 4.66. The molecular weight excluding hydrogens is 491 g/mol. The van der Waals surface area contributed by atoms with Gasteiger partial charge in [0, 0.05) is 47.5 Å². The van der Waals surface area contributed by atoms with Crippen LogP contribution in [0.4, 0.5) is 5.13 Å². The van der Waals surface area contributed by atoms with E-state index < -0.39 is 0 Å². The highest BCUT2D eigenvalue weighted by Crippen LogP contribution is 2.23. The lowest BCUT2D eigenvalue weighted by atomic mass is 10.1. The molecule has 34 heavy (non-hydrogen) atoms. The van der Waals surface area contributed by atoms with E-state index in [0.717, 1.165) is 27.8 Å². The maximum atomic E-state index is 12.5. The van der Waals surface area contributed by atoms with Crippen molar-refractivity contribution >= 4 is 45.8 Å². The van der Waals surface area contributed by atoms with E-state index >= 15 is 0 Å². The molecule has 0 saturated heterocycles. The van der Waals surface area contributed by atoms with Crippen molar-refractivity contribution in [3.8, 4) is 0 Å². The number of amides is 1. The molecule has 0 fully saturated rings. The largest absolute Gasteiger partial charge is 0.467 e. The van der Waals surface area contributed by atoms with Crippen LogP contribution in [-0.2, 0) is 24.2 Å². The van der Waals surface area contributed by atoms with Crippen LogP contribution in [0.1, 0.15) is 29.1 Å². The number of nitrogens with one attached hydrogen (secondary N) is 1. The van der Waals surface area contributed by atoms with Gasteiger partial charge in [-0.2, -0.15) is 4.37 Å². The van der Waals surface area contributed by atoms with E-state index in [1.807, 2.05) is 41.3 Å². The first-order valence-electron chi connectivity index (χ1n) is 10.9. The number of furan rings is 1. The Hall–Kier alpha value is -2.87. The molecule has 0 bridgehead atoms. The van der Waals surface area contributed by atoms with Gasteiger partial charge in [-0.25, -0.2) is 4.98 Å². The summed E-state index contributed by atoms with van der Waals surface area (Å²) in [4.78, 5) is 19.3. The molecule has 1 N–H and O–H groups in total. The second-order valence-corrected chi connectivity index (χ2v) is 9.32. The summed E-state index contributed by atoms with van der Waals surface area (Å²) < 4.78 is 10.0. The third-order valence-corrected chi connectivity index (χ3v) is 6.60. The minimum absolute atomic E-state index is 0.0384. The summed E-state index contributed by atoms with van der Waals surface area (Å²) in [6.07, 6.45) is 3.27. The van der Waals surface area contributed by atoms with Crippen LogP contribution in [0.25, 0.3) is 0 Å². The van der Waals surface area contributed by atoms with Crippen molar-refractivity contribution < 1.29 is 9.21 Å². The Morgan fingerprint density at radius 1 is 1.09 bits per heavy atom. The summed E-state index contributed by atoms with van der Waals surface area (Å²) in [5.41, 5.74) is 2.11. The first kappa shape index (κ1) is 24.3. The SMILES string of the molecule is O=C(CCN(Cc1ccco1)c1nc(Cc2ccccc2)ns1)NCCc1ccc(Cl)cc1Cl. The van der Waals surface area contributed by atoms with Crippen LogP contribution in [-0.4, -0.2) is 28.4 Å². The van der Waals surface area contributed by atoms with E-state index in [4.69, 9.17) is 32.6 Å². The number of benzene rings is 2. The summed E-state index contributed by atoms with van der Waals surface area (Å²) >= 11 is 13.5. The van der Waals surface area contributed by atoms with E-state index in [1.165, 1.54) is 11.5 Å². The third kappa shape index (κ3) is 7.06. The monoisotopic (exact) mass is 514 g/mol. The van der Waals surface area contributed by atoms with Gasteiger partial charge >= 0.3 is 0 Å². The number of halogens is 2. The number of aromatic nitrogens is 2. The Bertz CT molecular complexity index is 1200. The number of rotatable bonds is 11. The van der Waals surface area contributed by atoms with Crippen molar-refractivity contribution in [2.75, 3.05) is 18.0 Å². The Kier molecular flexibility index (Phi) is 8.57. The van der Waals surface area contributed by atoms with Gasteiger partial charge in [-0.15, -0.1) is 0 Å². The van der Waals surface area contributed by atoms with Crippen molar-refractivity contribution in [2.24, 2.45) is 0 Å². The number of carbonyl (C=O) groups is 1. The van der Waals surface area contributed by atoms with Crippen molar-refractivity contribution in [1.29, 1.82) is 0 Å². The highest BCUT2D eigenvalue weighted by atomic mass is 35.5. The van der Waals surface area contributed by atoms with Gasteiger partial charge < -0.3 is 14.6 Å². The Labute approximate surface area is 212 Å². The smallest absolute Gasteiger partial charge is 0.221 e. The lowest BCUT2D eigenvalue weighted by Crippen LogP contribution is -2.31. The van der Waals surface area contributed by atoms with Crippen molar-refractivity contribution in [2.45, 2.75) is 25.8 Å². The summed E-state index contributed by atoms with van der Waals surface area (Å²) in [5, 5.41) is 4.93. The molecule has 2 heterocycles. The molecule has 0 unspecified atom stereocenters. The van der Waals surface area contributed by atoms with E-state index in [-0.39, 0.29) is 5.91 Å². The molecule has 0 saturated carbocycles. The van der Waals surface area contributed by atoms with Gasteiger partial charge in [-0.1, -0.05) is 59.6 Å². The molecule has 0 atom stereocenters. The number of carbonyl (C=O) groups excluding carboxylic acids is 1. The van der Waals surface area contributed by atoms with Crippen molar-refractivity contribution in [1.82, 2.24) is 14.7 Å². The maximum absolute atomic E-state index is 12.5. The highest BCUT2D eigenvalue weighted by molar-refractivity contribution is 7.09. The molecule has 2 aromatic heterocycles. The minimum Gasteiger partial charge on any atom is -0.467 e. The summed E-state index contributed by atoms with van der Waals surface area (Å²) in [6, 6.07) is 19.3. The van der Waals surface area contributed by atoms with Gasteiger partial charge in [0.05, 0.1) is 12.8 Å². The Balaban J connectivity index is 1.33. The zero-order valence-corrected chi connectivity index (χ0v) is 20.7. The molecule has 2 aromatic carbocycles. The van der Waals surface area contributed by atoms with Crippen molar-refractivity contribution in [3.05, 3.63) is 99.7 Å². The van der Waals surface area contributed by atoms with Gasteiger partial charge in [0.25, 0.3) is 0 Å². The van der Waals surface area contributed by atoms with E-state index in [2.05, 4.69) is 21.8 Å². The second-order valence-electron chi connectivity index (χ2n) is 7.74. The van der Waals surface area contributed by atoms with Gasteiger partial charge in [-0.05, 0) is 41.8 Å². The molecule has 1 amide bonds. The van der Waals surface area contributed by atoms with Crippen LogP contribution in [0.2, 0.25) is 10.0 Å². The quantitative estimate of drug-likeness (QED) is 0.274. The van der Waals surface area contributed by atoms with Crippen LogP contribution in [0.15, 0.2) is 71.3 Å². The van der Waals surface area contributed by atoms with Crippen molar-refractivity contribution in [3.63, 3.8) is 0 Å². The average molecular weight is 515 g/mol. The lowest BCUT2D eigenvalue weighted by Gasteiger charge is -2.20. The molecular formula is C25H24Cl2N4O2S. The number of hydrogen-bond donors (Lipinski definition) is 1. The fourth-order valence-electron chi connectivity index (χ4n) is 3.44.